The number of hydrogen-bond acceptors (Lipinski definition) is 5. The highest BCUT2D eigenvalue weighted by atomic mass is 15.1. The maximum atomic E-state index is 3.54. The topological polar surface area (TPSA) is 60.1 Å². The largest absolute Gasteiger partial charge is 0.317 e. The van der Waals surface area contributed by atoms with Crippen LogP contribution in [-0.4, -0.2) is 64.4 Å². The van der Waals surface area contributed by atoms with Crippen molar-refractivity contribution in [3.63, 3.8) is 0 Å². The van der Waals surface area contributed by atoms with E-state index in [1.165, 1.54) is 12.8 Å². The monoisotopic (exact) mass is 241 g/mol. The molecule has 100 valence electrons. The molecule has 2 saturated heterocycles. The van der Waals surface area contributed by atoms with Crippen molar-refractivity contribution in [2.75, 3.05) is 52.4 Å². The van der Waals surface area contributed by atoms with E-state index in [0.29, 0.717) is 12.1 Å². The predicted octanol–water partition coefficient (Wildman–Crippen LogP) is -1.52. The number of rotatable bonds is 6. The predicted molar refractivity (Wildman–Crippen MR) is 71.4 cm³/mol. The van der Waals surface area contributed by atoms with Gasteiger partial charge in [-0.2, -0.15) is 0 Å². The molecular formula is C12H27N5. The van der Waals surface area contributed by atoms with Crippen LogP contribution < -0.4 is 26.6 Å². The Hall–Kier alpha value is -0.200. The van der Waals surface area contributed by atoms with Crippen molar-refractivity contribution in [3.8, 4) is 0 Å². The Balaban J connectivity index is 1.42. The zero-order chi connectivity index (χ0) is 11.8. The lowest BCUT2D eigenvalue weighted by Crippen LogP contribution is -2.50. The number of piperazine rings is 2. The van der Waals surface area contributed by atoms with Crippen LogP contribution >= 0.6 is 0 Å². The third-order valence-electron chi connectivity index (χ3n) is 3.59. The van der Waals surface area contributed by atoms with Crippen molar-refractivity contribution in [2.45, 2.75) is 24.9 Å². The maximum Gasteiger partial charge on any atom is 0.0205 e. The van der Waals surface area contributed by atoms with Crippen LogP contribution in [0.3, 0.4) is 0 Å². The van der Waals surface area contributed by atoms with Gasteiger partial charge in [0, 0.05) is 51.4 Å². The summed E-state index contributed by atoms with van der Waals surface area (Å²) >= 11 is 0. The van der Waals surface area contributed by atoms with Gasteiger partial charge in [0.05, 0.1) is 0 Å². The van der Waals surface area contributed by atoms with Gasteiger partial charge >= 0.3 is 0 Å². The summed E-state index contributed by atoms with van der Waals surface area (Å²) in [6.45, 7) is 8.95. The van der Waals surface area contributed by atoms with E-state index in [4.69, 9.17) is 0 Å². The van der Waals surface area contributed by atoms with Crippen LogP contribution in [0.1, 0.15) is 12.8 Å². The van der Waals surface area contributed by atoms with Crippen LogP contribution in [0.25, 0.3) is 0 Å². The summed E-state index contributed by atoms with van der Waals surface area (Å²) in [5.74, 6) is 0. The SMILES string of the molecule is C(CC1CNCCN1)NCCC1CNCCN1. The van der Waals surface area contributed by atoms with Crippen LogP contribution in [-0.2, 0) is 0 Å². The summed E-state index contributed by atoms with van der Waals surface area (Å²) < 4.78 is 0. The Morgan fingerprint density at radius 3 is 1.71 bits per heavy atom. The van der Waals surface area contributed by atoms with Gasteiger partial charge in [0.1, 0.15) is 0 Å². The van der Waals surface area contributed by atoms with E-state index in [2.05, 4.69) is 26.6 Å². The van der Waals surface area contributed by atoms with Crippen LogP contribution in [0.5, 0.6) is 0 Å². The molecule has 0 aromatic rings. The first-order chi connectivity index (χ1) is 8.45. The fourth-order valence-electron chi connectivity index (χ4n) is 2.51. The normalized spacial score (nSPS) is 30.4. The number of nitrogens with one attached hydrogen (secondary N) is 5. The second-order valence-electron chi connectivity index (χ2n) is 5.04. The van der Waals surface area contributed by atoms with Gasteiger partial charge in [-0.3, -0.25) is 0 Å². The van der Waals surface area contributed by atoms with E-state index in [9.17, 15) is 0 Å². The van der Waals surface area contributed by atoms with Crippen molar-refractivity contribution in [1.29, 1.82) is 0 Å². The molecule has 2 aliphatic rings. The van der Waals surface area contributed by atoms with E-state index in [1.807, 2.05) is 0 Å². The lowest BCUT2D eigenvalue weighted by atomic mass is 10.1. The Kier molecular flexibility index (Phi) is 6.23. The molecule has 0 spiro atoms. The number of hydrogen-bond donors (Lipinski definition) is 5. The summed E-state index contributed by atoms with van der Waals surface area (Å²) in [5.41, 5.74) is 0. The first-order valence-electron chi connectivity index (χ1n) is 7.04. The molecule has 0 aliphatic carbocycles. The summed E-state index contributed by atoms with van der Waals surface area (Å²) in [7, 11) is 0. The smallest absolute Gasteiger partial charge is 0.0205 e. The molecule has 17 heavy (non-hydrogen) atoms. The molecule has 5 heteroatoms. The molecule has 0 radical (unpaired) electrons. The zero-order valence-corrected chi connectivity index (χ0v) is 10.7. The molecule has 2 rings (SSSR count). The van der Waals surface area contributed by atoms with Gasteiger partial charge in [0.15, 0.2) is 0 Å². The van der Waals surface area contributed by atoms with Gasteiger partial charge < -0.3 is 26.6 Å². The van der Waals surface area contributed by atoms with Gasteiger partial charge in [-0.25, -0.2) is 0 Å². The highest BCUT2D eigenvalue weighted by molar-refractivity contribution is 4.78. The van der Waals surface area contributed by atoms with Crippen LogP contribution in [0.2, 0.25) is 0 Å². The molecule has 0 bridgehead atoms. The van der Waals surface area contributed by atoms with Crippen molar-refractivity contribution in [1.82, 2.24) is 26.6 Å². The Morgan fingerprint density at radius 1 is 0.765 bits per heavy atom. The molecule has 0 amide bonds. The average molecular weight is 241 g/mol. The highest BCUT2D eigenvalue weighted by Crippen LogP contribution is 1.94. The Bertz CT molecular complexity index is 167. The molecule has 0 saturated carbocycles. The van der Waals surface area contributed by atoms with E-state index < -0.39 is 0 Å². The minimum absolute atomic E-state index is 0.658. The molecule has 5 nitrogen and oxygen atoms in total. The van der Waals surface area contributed by atoms with Crippen LogP contribution in [0.15, 0.2) is 0 Å². The lowest BCUT2D eigenvalue weighted by Gasteiger charge is -2.26. The summed E-state index contributed by atoms with van der Waals surface area (Å²) in [6, 6.07) is 1.32. The molecule has 2 unspecified atom stereocenters. The van der Waals surface area contributed by atoms with Gasteiger partial charge in [-0.15, -0.1) is 0 Å². The molecular weight excluding hydrogens is 214 g/mol. The molecule has 2 aliphatic heterocycles. The van der Waals surface area contributed by atoms with E-state index >= 15 is 0 Å². The third-order valence-corrected chi connectivity index (χ3v) is 3.59. The minimum atomic E-state index is 0.658. The van der Waals surface area contributed by atoms with Gasteiger partial charge in [-0.05, 0) is 25.9 Å². The van der Waals surface area contributed by atoms with Crippen molar-refractivity contribution in [2.24, 2.45) is 0 Å². The standard InChI is InChI=1S/C12H27N5/c1(11-9-14-5-7-16-11)3-13-4-2-12-10-15-6-8-17-12/h11-17H,1-10H2. The first-order valence-corrected chi connectivity index (χ1v) is 7.04. The summed E-state index contributed by atoms with van der Waals surface area (Å²) in [5, 5.41) is 17.5. The van der Waals surface area contributed by atoms with Crippen molar-refractivity contribution in [3.05, 3.63) is 0 Å². The Labute approximate surface area is 104 Å². The lowest BCUT2D eigenvalue weighted by molar-refractivity contribution is 0.375. The second-order valence-corrected chi connectivity index (χ2v) is 5.04. The van der Waals surface area contributed by atoms with E-state index in [1.54, 1.807) is 0 Å². The fourth-order valence-corrected chi connectivity index (χ4v) is 2.51. The fraction of sp³-hybridized carbons (Fsp3) is 1.00. The third kappa shape index (κ3) is 5.31. The van der Waals surface area contributed by atoms with Gasteiger partial charge in [0.25, 0.3) is 0 Å². The molecule has 2 heterocycles. The maximum absolute atomic E-state index is 3.54. The summed E-state index contributed by atoms with van der Waals surface area (Å²) in [6.07, 6.45) is 2.45. The van der Waals surface area contributed by atoms with Crippen molar-refractivity contribution < 1.29 is 0 Å². The Morgan fingerprint density at radius 2 is 1.29 bits per heavy atom. The molecule has 0 aromatic heterocycles. The minimum Gasteiger partial charge on any atom is -0.317 e. The molecule has 0 aromatic carbocycles. The summed E-state index contributed by atoms with van der Waals surface area (Å²) in [4.78, 5) is 0. The van der Waals surface area contributed by atoms with Crippen LogP contribution in [0.4, 0.5) is 0 Å². The quantitative estimate of drug-likeness (QED) is 0.366. The average Bonchev–Trinajstić information content (AvgIpc) is 2.41. The van der Waals surface area contributed by atoms with E-state index in [-0.39, 0.29) is 0 Å². The van der Waals surface area contributed by atoms with E-state index in [0.717, 1.165) is 52.4 Å². The highest BCUT2D eigenvalue weighted by Gasteiger charge is 2.12. The first kappa shape index (κ1) is 13.2. The second kappa shape index (κ2) is 8.00. The van der Waals surface area contributed by atoms with Crippen LogP contribution in [0, 0.1) is 0 Å². The van der Waals surface area contributed by atoms with Gasteiger partial charge in [0.2, 0.25) is 0 Å². The molecule has 5 N–H and O–H groups in total. The zero-order valence-electron chi connectivity index (χ0n) is 10.7. The van der Waals surface area contributed by atoms with Gasteiger partial charge in [-0.1, -0.05) is 0 Å². The molecule has 2 fully saturated rings. The van der Waals surface area contributed by atoms with Crippen molar-refractivity contribution >= 4 is 0 Å². The molecule has 2 atom stereocenters.